The third-order valence-electron chi connectivity index (χ3n) is 5.08. The van der Waals surface area contributed by atoms with E-state index in [9.17, 15) is 4.79 Å². The molecule has 8 heteroatoms. The Balaban J connectivity index is 1.47. The molecule has 2 aromatic carbocycles. The van der Waals surface area contributed by atoms with Crippen molar-refractivity contribution in [3.63, 3.8) is 0 Å². The van der Waals surface area contributed by atoms with E-state index >= 15 is 0 Å². The number of benzene rings is 2. The Morgan fingerprint density at radius 3 is 2.78 bits per heavy atom. The average molecular weight is 362 g/mol. The van der Waals surface area contributed by atoms with Gasteiger partial charge in [0.2, 0.25) is 0 Å². The van der Waals surface area contributed by atoms with E-state index in [1.165, 1.54) is 12.8 Å². The molecule has 8 nitrogen and oxygen atoms in total. The minimum Gasteiger partial charge on any atom is -0.370 e. The summed E-state index contributed by atoms with van der Waals surface area (Å²) in [5.74, 6) is -0.222. The van der Waals surface area contributed by atoms with E-state index in [-0.39, 0.29) is 5.91 Å². The van der Waals surface area contributed by atoms with Crippen LogP contribution in [0.3, 0.4) is 0 Å². The maximum Gasteiger partial charge on any atom is 0.255 e. The first-order valence-electron chi connectivity index (χ1n) is 8.93. The average Bonchev–Trinajstić information content (AvgIpc) is 3.43. The summed E-state index contributed by atoms with van der Waals surface area (Å²) in [5, 5.41) is 11.0. The zero-order chi connectivity index (χ0) is 18.4. The first-order chi connectivity index (χ1) is 13.2. The number of nitrogens with zero attached hydrogens (tertiary/aromatic N) is 5. The van der Waals surface area contributed by atoms with Crippen LogP contribution in [0.25, 0.3) is 22.1 Å². The summed E-state index contributed by atoms with van der Waals surface area (Å²) < 4.78 is 6.88. The molecule has 0 saturated carbocycles. The van der Waals surface area contributed by atoms with Gasteiger partial charge in [0.15, 0.2) is 11.0 Å². The van der Waals surface area contributed by atoms with Gasteiger partial charge in [0.25, 0.3) is 5.91 Å². The van der Waals surface area contributed by atoms with Crippen molar-refractivity contribution < 1.29 is 9.42 Å². The van der Waals surface area contributed by atoms with E-state index < -0.39 is 0 Å². The van der Waals surface area contributed by atoms with Crippen LogP contribution in [-0.2, 0) is 7.05 Å². The van der Waals surface area contributed by atoms with Crippen molar-refractivity contribution in [1.82, 2.24) is 19.9 Å². The molecule has 4 aromatic rings. The van der Waals surface area contributed by atoms with Crippen LogP contribution in [0.4, 0.5) is 11.4 Å². The fourth-order valence-corrected chi connectivity index (χ4v) is 3.64. The highest BCUT2D eigenvalue weighted by Gasteiger charge is 2.20. The van der Waals surface area contributed by atoms with Gasteiger partial charge in [-0.3, -0.25) is 4.79 Å². The molecular weight excluding hydrogens is 344 g/mol. The Morgan fingerprint density at radius 2 is 1.93 bits per heavy atom. The summed E-state index contributed by atoms with van der Waals surface area (Å²) >= 11 is 0. The molecule has 0 unspecified atom stereocenters. The highest BCUT2D eigenvalue weighted by Crippen LogP contribution is 2.32. The quantitative estimate of drug-likeness (QED) is 0.603. The lowest BCUT2D eigenvalue weighted by Crippen LogP contribution is -2.18. The second-order valence-electron chi connectivity index (χ2n) is 6.80. The van der Waals surface area contributed by atoms with E-state index in [1.54, 1.807) is 18.5 Å². The van der Waals surface area contributed by atoms with Crippen LogP contribution in [0, 0.1) is 0 Å². The normalized spacial score (nSPS) is 14.3. The van der Waals surface area contributed by atoms with E-state index in [1.807, 2.05) is 29.8 Å². The molecule has 3 heterocycles. The van der Waals surface area contributed by atoms with Gasteiger partial charge < -0.3 is 14.8 Å². The maximum absolute atomic E-state index is 12.7. The fourth-order valence-electron chi connectivity index (χ4n) is 3.64. The molecule has 1 fully saturated rings. The molecule has 0 spiro atoms. The van der Waals surface area contributed by atoms with Crippen molar-refractivity contribution in [2.45, 2.75) is 12.8 Å². The van der Waals surface area contributed by atoms with Gasteiger partial charge in [0.05, 0.1) is 28.7 Å². The Morgan fingerprint density at radius 1 is 1.11 bits per heavy atom. The predicted molar refractivity (Wildman–Crippen MR) is 102 cm³/mol. The number of fused-ring (bicyclic) bond motifs is 2. The fraction of sp³-hybridized carbons (Fsp3) is 0.263. The topological polar surface area (TPSA) is 89.1 Å². The summed E-state index contributed by atoms with van der Waals surface area (Å²) in [4.78, 5) is 19.3. The predicted octanol–water partition coefficient (Wildman–Crippen LogP) is 2.96. The van der Waals surface area contributed by atoms with Gasteiger partial charge in [0, 0.05) is 25.7 Å². The SMILES string of the molecule is Cn1cnc2cc(C(=O)Nc3ccc(N4CCCC4)c4nonc34)ccc21. The van der Waals surface area contributed by atoms with Gasteiger partial charge in [-0.25, -0.2) is 9.61 Å². The molecule has 1 aliphatic rings. The van der Waals surface area contributed by atoms with E-state index in [2.05, 4.69) is 25.5 Å². The van der Waals surface area contributed by atoms with Crippen LogP contribution < -0.4 is 10.2 Å². The highest BCUT2D eigenvalue weighted by atomic mass is 16.6. The van der Waals surface area contributed by atoms with Crippen molar-refractivity contribution in [1.29, 1.82) is 0 Å². The van der Waals surface area contributed by atoms with Crippen LogP contribution >= 0.6 is 0 Å². The lowest BCUT2D eigenvalue weighted by Gasteiger charge is -2.18. The number of aryl methyl sites for hydroxylation is 1. The first kappa shape index (κ1) is 15.8. The lowest BCUT2D eigenvalue weighted by atomic mass is 10.1. The third-order valence-corrected chi connectivity index (χ3v) is 5.08. The van der Waals surface area contributed by atoms with Crippen molar-refractivity contribution in [3.8, 4) is 0 Å². The van der Waals surface area contributed by atoms with Crippen molar-refractivity contribution in [2.24, 2.45) is 7.05 Å². The molecule has 136 valence electrons. The van der Waals surface area contributed by atoms with E-state index in [4.69, 9.17) is 4.63 Å². The Bertz CT molecular complexity index is 1160. The van der Waals surface area contributed by atoms with Gasteiger partial charge in [-0.2, -0.15) is 0 Å². The second-order valence-corrected chi connectivity index (χ2v) is 6.80. The molecular formula is C19H18N6O2. The van der Waals surface area contributed by atoms with Gasteiger partial charge in [0.1, 0.15) is 0 Å². The molecule has 5 rings (SSSR count). The van der Waals surface area contributed by atoms with Crippen LogP contribution in [-0.4, -0.2) is 38.9 Å². The molecule has 1 saturated heterocycles. The molecule has 1 amide bonds. The number of nitrogens with one attached hydrogen (secondary N) is 1. The number of carbonyl (C=O) groups excluding carboxylic acids is 1. The summed E-state index contributed by atoms with van der Waals surface area (Å²) in [6, 6.07) is 9.28. The number of anilines is 2. The Kier molecular flexibility index (Phi) is 3.56. The number of hydrogen-bond acceptors (Lipinski definition) is 6. The molecule has 1 N–H and O–H groups in total. The molecule has 27 heavy (non-hydrogen) atoms. The first-order valence-corrected chi connectivity index (χ1v) is 8.93. The summed E-state index contributed by atoms with van der Waals surface area (Å²) in [6.45, 7) is 2.00. The lowest BCUT2D eigenvalue weighted by molar-refractivity contribution is 0.102. The number of aromatic nitrogens is 4. The summed E-state index contributed by atoms with van der Waals surface area (Å²) in [6.07, 6.45) is 4.07. The Labute approximate surface area is 154 Å². The van der Waals surface area contributed by atoms with Gasteiger partial charge in [-0.1, -0.05) is 0 Å². The number of carbonyl (C=O) groups is 1. The zero-order valence-corrected chi connectivity index (χ0v) is 14.8. The smallest absolute Gasteiger partial charge is 0.255 e. The van der Waals surface area contributed by atoms with Crippen LogP contribution in [0.1, 0.15) is 23.2 Å². The van der Waals surface area contributed by atoms with Gasteiger partial charge in [-0.15, -0.1) is 0 Å². The van der Waals surface area contributed by atoms with Crippen molar-refractivity contribution in [3.05, 3.63) is 42.2 Å². The van der Waals surface area contributed by atoms with Crippen LogP contribution in [0.5, 0.6) is 0 Å². The highest BCUT2D eigenvalue weighted by molar-refractivity contribution is 6.10. The number of imidazole rings is 1. The molecule has 1 aliphatic heterocycles. The van der Waals surface area contributed by atoms with Gasteiger partial charge in [-0.05, 0) is 53.5 Å². The minimum atomic E-state index is -0.222. The van der Waals surface area contributed by atoms with E-state index in [0.717, 1.165) is 29.8 Å². The monoisotopic (exact) mass is 362 g/mol. The molecule has 2 aromatic heterocycles. The number of hydrogen-bond donors (Lipinski definition) is 1. The largest absolute Gasteiger partial charge is 0.370 e. The zero-order valence-electron chi connectivity index (χ0n) is 14.8. The number of rotatable bonds is 3. The Hall–Kier alpha value is -3.42. The second kappa shape index (κ2) is 6.08. The summed E-state index contributed by atoms with van der Waals surface area (Å²) in [5.41, 5.74) is 5.11. The molecule has 0 radical (unpaired) electrons. The van der Waals surface area contributed by atoms with Crippen molar-refractivity contribution >= 4 is 39.3 Å². The molecule has 0 atom stereocenters. The summed E-state index contributed by atoms with van der Waals surface area (Å²) in [7, 11) is 1.92. The third kappa shape index (κ3) is 2.61. The van der Waals surface area contributed by atoms with Crippen molar-refractivity contribution in [2.75, 3.05) is 23.3 Å². The minimum absolute atomic E-state index is 0.222. The van der Waals surface area contributed by atoms with Crippen LogP contribution in [0.2, 0.25) is 0 Å². The van der Waals surface area contributed by atoms with Gasteiger partial charge >= 0.3 is 0 Å². The van der Waals surface area contributed by atoms with Crippen LogP contribution in [0.15, 0.2) is 41.3 Å². The standard InChI is InChI=1S/C19H18N6O2/c1-24-11-20-14-10-12(4-6-15(14)24)19(26)21-13-5-7-16(25-8-2-3-9-25)18-17(13)22-27-23-18/h4-7,10-11H,2-3,8-9H2,1H3,(H,21,26). The maximum atomic E-state index is 12.7. The molecule has 0 aliphatic carbocycles. The number of amides is 1. The van der Waals surface area contributed by atoms with E-state index in [0.29, 0.717) is 22.3 Å². The molecule has 0 bridgehead atoms.